The van der Waals surface area contributed by atoms with Gasteiger partial charge in [-0.3, -0.25) is 4.90 Å². The normalized spacial score (nSPS) is 15.2. The fourth-order valence-corrected chi connectivity index (χ4v) is 3.31. The summed E-state index contributed by atoms with van der Waals surface area (Å²) in [4.78, 5) is 18.7. The summed E-state index contributed by atoms with van der Waals surface area (Å²) >= 11 is 1.62. The van der Waals surface area contributed by atoms with Gasteiger partial charge >= 0.3 is 6.03 Å². The monoisotopic (exact) mass is 346 g/mol. The Morgan fingerprint density at radius 2 is 2.04 bits per heavy atom. The van der Waals surface area contributed by atoms with Gasteiger partial charge in [-0.15, -0.1) is 11.3 Å². The van der Waals surface area contributed by atoms with Gasteiger partial charge in [0.2, 0.25) is 0 Å². The molecule has 0 unspecified atom stereocenters. The van der Waals surface area contributed by atoms with Gasteiger partial charge in [0.25, 0.3) is 0 Å². The summed E-state index contributed by atoms with van der Waals surface area (Å²) in [7, 11) is 0. The summed E-state index contributed by atoms with van der Waals surface area (Å²) in [6.07, 6.45) is 0. The lowest BCUT2D eigenvalue weighted by molar-refractivity contribution is 0.0388. The van der Waals surface area contributed by atoms with Gasteiger partial charge in [0.15, 0.2) is 0 Å². The number of hydrogen-bond donors (Lipinski definition) is 2. The van der Waals surface area contributed by atoms with Crippen LogP contribution in [0.1, 0.15) is 5.69 Å². The number of nitrogens with zero attached hydrogens (tertiary/aromatic N) is 2. The molecule has 24 heavy (non-hydrogen) atoms. The maximum Gasteiger partial charge on any atom is 0.319 e. The van der Waals surface area contributed by atoms with E-state index in [0.29, 0.717) is 6.54 Å². The number of ether oxygens (including phenoxy) is 1. The largest absolute Gasteiger partial charge is 0.379 e. The van der Waals surface area contributed by atoms with Crippen LogP contribution in [0.15, 0.2) is 29.6 Å². The first kappa shape index (κ1) is 16.9. The van der Waals surface area contributed by atoms with Crippen LogP contribution in [0.2, 0.25) is 0 Å². The molecule has 1 aliphatic rings. The minimum Gasteiger partial charge on any atom is -0.379 e. The van der Waals surface area contributed by atoms with E-state index in [0.717, 1.165) is 54.8 Å². The van der Waals surface area contributed by atoms with E-state index in [4.69, 9.17) is 4.74 Å². The van der Waals surface area contributed by atoms with E-state index in [2.05, 4.69) is 20.5 Å². The first-order chi connectivity index (χ1) is 11.7. The third-order valence-electron chi connectivity index (χ3n) is 3.83. The molecule has 1 aromatic carbocycles. The molecule has 6 nitrogen and oxygen atoms in total. The molecule has 128 valence electrons. The van der Waals surface area contributed by atoms with Crippen LogP contribution in [-0.4, -0.2) is 55.3 Å². The van der Waals surface area contributed by atoms with E-state index in [9.17, 15) is 4.79 Å². The molecule has 0 aliphatic carbocycles. The lowest BCUT2D eigenvalue weighted by Crippen LogP contribution is -2.42. The molecule has 0 radical (unpaired) electrons. The SMILES string of the molecule is Cc1csc(-c2ccc(NC(=O)NCCN3CCOCC3)cc2)n1. The van der Waals surface area contributed by atoms with Crippen molar-refractivity contribution in [2.45, 2.75) is 6.92 Å². The minimum absolute atomic E-state index is 0.180. The van der Waals surface area contributed by atoms with Crippen LogP contribution in [0.25, 0.3) is 10.6 Å². The van der Waals surface area contributed by atoms with E-state index in [1.165, 1.54) is 0 Å². The van der Waals surface area contributed by atoms with Crippen LogP contribution in [-0.2, 0) is 4.74 Å². The molecule has 7 heteroatoms. The zero-order chi connectivity index (χ0) is 16.8. The van der Waals surface area contributed by atoms with Crippen molar-refractivity contribution in [2.24, 2.45) is 0 Å². The van der Waals surface area contributed by atoms with Crippen LogP contribution >= 0.6 is 11.3 Å². The molecule has 1 aromatic heterocycles. The second kappa shape index (κ2) is 8.23. The summed E-state index contributed by atoms with van der Waals surface area (Å²) in [5.41, 5.74) is 2.86. The van der Waals surface area contributed by atoms with Gasteiger partial charge in [-0.2, -0.15) is 0 Å². The quantitative estimate of drug-likeness (QED) is 0.873. The number of morpholine rings is 1. The minimum atomic E-state index is -0.180. The fourth-order valence-electron chi connectivity index (χ4n) is 2.51. The molecule has 2 heterocycles. The second-order valence-electron chi connectivity index (χ2n) is 5.71. The highest BCUT2D eigenvalue weighted by molar-refractivity contribution is 7.13. The lowest BCUT2D eigenvalue weighted by Gasteiger charge is -2.26. The summed E-state index contributed by atoms with van der Waals surface area (Å²) < 4.78 is 5.30. The molecule has 0 atom stereocenters. The number of amides is 2. The Balaban J connectivity index is 1.44. The molecule has 3 rings (SSSR count). The van der Waals surface area contributed by atoms with E-state index in [-0.39, 0.29) is 6.03 Å². The molecular weight excluding hydrogens is 324 g/mol. The first-order valence-electron chi connectivity index (χ1n) is 8.08. The van der Waals surface area contributed by atoms with Crippen LogP contribution in [0, 0.1) is 6.92 Å². The number of carbonyl (C=O) groups excluding carboxylic acids is 1. The van der Waals surface area contributed by atoms with Crippen molar-refractivity contribution in [3.05, 3.63) is 35.3 Å². The summed E-state index contributed by atoms with van der Waals surface area (Å²) in [6, 6.07) is 7.56. The number of aryl methyl sites for hydroxylation is 1. The Kier molecular flexibility index (Phi) is 5.79. The molecule has 2 aromatic rings. The van der Waals surface area contributed by atoms with Gasteiger partial charge < -0.3 is 15.4 Å². The predicted octanol–water partition coefficient (Wildman–Crippen LogP) is 2.57. The summed E-state index contributed by atoms with van der Waals surface area (Å²) in [5, 5.41) is 8.76. The number of aromatic nitrogens is 1. The standard InChI is InChI=1S/C17H22N4O2S/c1-13-12-24-16(19-13)14-2-4-15(5-3-14)20-17(22)18-6-7-21-8-10-23-11-9-21/h2-5,12H,6-11H2,1H3,(H2,18,20,22). The van der Waals surface area contributed by atoms with Crippen molar-refractivity contribution in [1.29, 1.82) is 0 Å². The molecule has 2 N–H and O–H groups in total. The molecule has 1 fully saturated rings. The smallest absolute Gasteiger partial charge is 0.319 e. The molecule has 1 saturated heterocycles. The Hall–Kier alpha value is -1.96. The van der Waals surface area contributed by atoms with Gasteiger partial charge in [-0.1, -0.05) is 0 Å². The van der Waals surface area contributed by atoms with Crippen molar-refractivity contribution >= 4 is 23.1 Å². The van der Waals surface area contributed by atoms with Crippen molar-refractivity contribution in [3.8, 4) is 10.6 Å². The molecular formula is C17H22N4O2S. The third kappa shape index (κ3) is 4.77. The number of hydrogen-bond acceptors (Lipinski definition) is 5. The molecule has 1 aliphatic heterocycles. The lowest BCUT2D eigenvalue weighted by atomic mass is 10.2. The van der Waals surface area contributed by atoms with E-state index in [1.54, 1.807) is 11.3 Å². The van der Waals surface area contributed by atoms with Crippen molar-refractivity contribution in [2.75, 3.05) is 44.7 Å². The maximum atomic E-state index is 11.9. The predicted molar refractivity (Wildman–Crippen MR) is 96.6 cm³/mol. The maximum absolute atomic E-state index is 11.9. The van der Waals surface area contributed by atoms with Gasteiger partial charge in [0.1, 0.15) is 5.01 Å². The zero-order valence-corrected chi connectivity index (χ0v) is 14.6. The van der Waals surface area contributed by atoms with Crippen LogP contribution in [0.4, 0.5) is 10.5 Å². The molecule has 0 spiro atoms. The molecule has 0 saturated carbocycles. The average molecular weight is 346 g/mol. The van der Waals surface area contributed by atoms with E-state index < -0.39 is 0 Å². The number of nitrogens with one attached hydrogen (secondary N) is 2. The van der Waals surface area contributed by atoms with Crippen LogP contribution in [0.5, 0.6) is 0 Å². The Morgan fingerprint density at radius 1 is 1.29 bits per heavy atom. The highest BCUT2D eigenvalue weighted by Gasteiger charge is 2.10. The zero-order valence-electron chi connectivity index (χ0n) is 13.7. The van der Waals surface area contributed by atoms with E-state index >= 15 is 0 Å². The third-order valence-corrected chi connectivity index (χ3v) is 4.84. The van der Waals surface area contributed by atoms with Crippen molar-refractivity contribution < 1.29 is 9.53 Å². The van der Waals surface area contributed by atoms with E-state index in [1.807, 2.05) is 36.6 Å². The van der Waals surface area contributed by atoms with Gasteiger partial charge in [-0.25, -0.2) is 9.78 Å². The van der Waals surface area contributed by atoms with Crippen molar-refractivity contribution in [1.82, 2.24) is 15.2 Å². The van der Waals surface area contributed by atoms with Gasteiger partial charge in [0.05, 0.1) is 13.2 Å². The Bertz CT molecular complexity index is 665. The number of benzene rings is 1. The number of rotatable bonds is 5. The topological polar surface area (TPSA) is 66.5 Å². The van der Waals surface area contributed by atoms with Crippen molar-refractivity contribution in [3.63, 3.8) is 0 Å². The van der Waals surface area contributed by atoms with Gasteiger partial charge in [-0.05, 0) is 31.2 Å². The van der Waals surface area contributed by atoms with Gasteiger partial charge in [0, 0.05) is 48.5 Å². The number of carbonyl (C=O) groups is 1. The Morgan fingerprint density at radius 3 is 2.71 bits per heavy atom. The summed E-state index contributed by atoms with van der Waals surface area (Å²) in [6.45, 7) is 6.87. The number of thiazole rings is 1. The highest BCUT2D eigenvalue weighted by atomic mass is 32.1. The fraction of sp³-hybridized carbons (Fsp3) is 0.412. The Labute approximate surface area is 145 Å². The van der Waals surface area contributed by atoms with Crippen LogP contribution in [0.3, 0.4) is 0 Å². The average Bonchev–Trinajstić information content (AvgIpc) is 3.03. The molecule has 2 amide bonds. The summed E-state index contributed by atoms with van der Waals surface area (Å²) in [5.74, 6) is 0. The highest BCUT2D eigenvalue weighted by Crippen LogP contribution is 2.24. The second-order valence-corrected chi connectivity index (χ2v) is 6.56. The molecule has 0 bridgehead atoms. The first-order valence-corrected chi connectivity index (χ1v) is 8.96. The van der Waals surface area contributed by atoms with Crippen LogP contribution < -0.4 is 10.6 Å². The number of anilines is 1. The number of urea groups is 1.